The van der Waals surface area contributed by atoms with Gasteiger partial charge in [0.1, 0.15) is 0 Å². The van der Waals surface area contributed by atoms with Crippen LogP contribution in [0.2, 0.25) is 5.02 Å². The highest BCUT2D eigenvalue weighted by molar-refractivity contribution is 7.10. The summed E-state index contributed by atoms with van der Waals surface area (Å²) in [6.45, 7) is 1.12. The van der Waals surface area contributed by atoms with Gasteiger partial charge in [0.15, 0.2) is 0 Å². The summed E-state index contributed by atoms with van der Waals surface area (Å²) in [5, 5.41) is 13.4. The van der Waals surface area contributed by atoms with Gasteiger partial charge in [0, 0.05) is 28.6 Å². The van der Waals surface area contributed by atoms with Crippen molar-refractivity contribution in [3.05, 3.63) is 57.2 Å². The second-order valence-electron chi connectivity index (χ2n) is 5.65. The van der Waals surface area contributed by atoms with Crippen LogP contribution in [0.4, 0.5) is 0 Å². The maximum atomic E-state index is 12.3. The molecule has 1 aliphatic heterocycles. The summed E-state index contributed by atoms with van der Waals surface area (Å²) in [6, 6.07) is 11.3. The maximum absolute atomic E-state index is 12.3. The predicted molar refractivity (Wildman–Crippen MR) is 89.2 cm³/mol. The lowest BCUT2D eigenvalue weighted by atomic mass is 9.84. The number of nitrogens with zero attached hydrogens (tertiary/aromatic N) is 1. The summed E-state index contributed by atoms with van der Waals surface area (Å²) in [5.74, 6) is 0.128. The smallest absolute Gasteiger partial charge is 0.227 e. The van der Waals surface area contributed by atoms with Crippen molar-refractivity contribution in [2.75, 3.05) is 13.1 Å². The molecule has 5 heteroatoms. The quantitative estimate of drug-likeness (QED) is 0.933. The molecule has 116 valence electrons. The third-order valence-electron chi connectivity index (χ3n) is 4.22. The molecule has 1 saturated heterocycles. The van der Waals surface area contributed by atoms with E-state index >= 15 is 0 Å². The van der Waals surface area contributed by atoms with E-state index in [2.05, 4.69) is 0 Å². The fourth-order valence-corrected chi connectivity index (χ4v) is 3.92. The molecular weight excluding hydrogens is 318 g/mol. The number of hydrogen-bond acceptors (Lipinski definition) is 3. The summed E-state index contributed by atoms with van der Waals surface area (Å²) in [6.07, 6.45) is 1.49. The van der Waals surface area contributed by atoms with Crippen molar-refractivity contribution in [2.24, 2.45) is 0 Å². The molecule has 22 heavy (non-hydrogen) atoms. The Labute approximate surface area is 139 Å². The number of likely N-dealkylation sites (tertiary alicyclic amines) is 1. The third-order valence-corrected chi connectivity index (χ3v) is 5.43. The van der Waals surface area contributed by atoms with Crippen LogP contribution in [0.3, 0.4) is 0 Å². The van der Waals surface area contributed by atoms with Gasteiger partial charge in [-0.3, -0.25) is 4.79 Å². The first-order chi connectivity index (χ1) is 10.6. The van der Waals surface area contributed by atoms with Crippen molar-refractivity contribution in [1.29, 1.82) is 0 Å². The van der Waals surface area contributed by atoms with Crippen LogP contribution in [-0.2, 0) is 16.8 Å². The van der Waals surface area contributed by atoms with Crippen LogP contribution < -0.4 is 0 Å². The molecule has 0 aliphatic carbocycles. The number of benzene rings is 1. The molecule has 2 aromatic rings. The van der Waals surface area contributed by atoms with Crippen LogP contribution >= 0.6 is 22.9 Å². The van der Waals surface area contributed by atoms with Gasteiger partial charge in [0.05, 0.1) is 12.0 Å². The lowest BCUT2D eigenvalue weighted by molar-refractivity contribution is -0.135. The highest BCUT2D eigenvalue weighted by atomic mass is 35.5. The normalized spacial score (nSPS) is 17.5. The Morgan fingerprint density at radius 2 is 1.95 bits per heavy atom. The molecule has 0 atom stereocenters. The SMILES string of the molecule is O=C(Cc1cccs1)N1CCC(O)(c2ccccc2Cl)CC1. The van der Waals surface area contributed by atoms with Gasteiger partial charge in [0.2, 0.25) is 5.91 Å². The number of carbonyl (C=O) groups is 1. The summed E-state index contributed by atoms with van der Waals surface area (Å²) in [7, 11) is 0. The number of piperidine rings is 1. The minimum Gasteiger partial charge on any atom is -0.385 e. The molecule has 0 spiro atoms. The van der Waals surface area contributed by atoms with E-state index in [0.29, 0.717) is 37.4 Å². The highest BCUT2D eigenvalue weighted by Crippen LogP contribution is 2.36. The Kier molecular flexibility index (Phi) is 4.52. The fraction of sp³-hybridized carbons (Fsp3) is 0.353. The van der Waals surface area contributed by atoms with E-state index in [1.54, 1.807) is 17.4 Å². The van der Waals surface area contributed by atoms with Gasteiger partial charge in [-0.2, -0.15) is 0 Å². The van der Waals surface area contributed by atoms with Crippen molar-refractivity contribution < 1.29 is 9.90 Å². The average molecular weight is 336 g/mol. The number of halogens is 1. The third kappa shape index (κ3) is 3.19. The van der Waals surface area contributed by atoms with Crippen molar-refractivity contribution in [3.8, 4) is 0 Å². The van der Waals surface area contributed by atoms with Gasteiger partial charge in [0.25, 0.3) is 0 Å². The molecule has 1 aliphatic rings. The molecule has 1 aromatic heterocycles. The first-order valence-corrected chi connectivity index (χ1v) is 8.62. The van der Waals surface area contributed by atoms with Crippen LogP contribution in [0.15, 0.2) is 41.8 Å². The average Bonchev–Trinajstić information content (AvgIpc) is 3.01. The van der Waals surface area contributed by atoms with E-state index in [4.69, 9.17) is 11.6 Å². The number of thiophene rings is 1. The maximum Gasteiger partial charge on any atom is 0.227 e. The highest BCUT2D eigenvalue weighted by Gasteiger charge is 2.36. The Hall–Kier alpha value is -1.36. The second kappa shape index (κ2) is 6.41. The number of rotatable bonds is 3. The minimum atomic E-state index is -0.932. The molecule has 3 rings (SSSR count). The monoisotopic (exact) mass is 335 g/mol. The van der Waals surface area contributed by atoms with Gasteiger partial charge in [-0.15, -0.1) is 11.3 Å². The van der Waals surface area contributed by atoms with Crippen molar-refractivity contribution in [1.82, 2.24) is 4.90 Å². The minimum absolute atomic E-state index is 0.128. The van der Waals surface area contributed by atoms with E-state index in [0.717, 1.165) is 10.4 Å². The lowest BCUT2D eigenvalue weighted by Crippen LogP contribution is -2.45. The van der Waals surface area contributed by atoms with Gasteiger partial charge in [-0.05, 0) is 30.4 Å². The zero-order valence-electron chi connectivity index (χ0n) is 12.2. The zero-order chi connectivity index (χ0) is 15.6. The number of carbonyl (C=O) groups excluding carboxylic acids is 1. The fourth-order valence-electron chi connectivity index (χ4n) is 2.91. The van der Waals surface area contributed by atoms with Crippen LogP contribution in [0.1, 0.15) is 23.3 Å². The summed E-state index contributed by atoms with van der Waals surface area (Å²) in [5.41, 5.74) is -0.167. The molecular formula is C17H18ClNO2S. The summed E-state index contributed by atoms with van der Waals surface area (Å²) in [4.78, 5) is 15.2. The first-order valence-electron chi connectivity index (χ1n) is 7.36. The van der Waals surface area contributed by atoms with Crippen LogP contribution in [0, 0.1) is 0 Å². The van der Waals surface area contributed by atoms with Gasteiger partial charge < -0.3 is 10.0 Å². The lowest BCUT2D eigenvalue weighted by Gasteiger charge is -2.39. The molecule has 0 radical (unpaired) electrons. The molecule has 0 unspecified atom stereocenters. The molecule has 3 nitrogen and oxygen atoms in total. The van der Waals surface area contributed by atoms with E-state index in [-0.39, 0.29) is 5.91 Å². The van der Waals surface area contributed by atoms with E-state index in [1.807, 2.05) is 40.6 Å². The molecule has 0 saturated carbocycles. The van der Waals surface area contributed by atoms with Gasteiger partial charge in [-0.1, -0.05) is 35.9 Å². The standard InChI is InChI=1S/C17H18ClNO2S/c18-15-6-2-1-5-14(15)17(21)7-9-19(10-8-17)16(20)12-13-4-3-11-22-13/h1-6,11,21H,7-10,12H2. The molecule has 1 N–H and O–H groups in total. The zero-order valence-corrected chi connectivity index (χ0v) is 13.7. The Morgan fingerprint density at radius 3 is 2.59 bits per heavy atom. The van der Waals surface area contributed by atoms with Crippen molar-refractivity contribution in [3.63, 3.8) is 0 Å². The Morgan fingerprint density at radius 1 is 1.23 bits per heavy atom. The van der Waals surface area contributed by atoms with Crippen LogP contribution in [0.5, 0.6) is 0 Å². The molecule has 1 fully saturated rings. The number of aliphatic hydroxyl groups is 1. The molecule has 0 bridgehead atoms. The van der Waals surface area contributed by atoms with Crippen LogP contribution in [0.25, 0.3) is 0 Å². The largest absolute Gasteiger partial charge is 0.385 e. The molecule has 1 aromatic carbocycles. The van der Waals surface area contributed by atoms with Crippen molar-refractivity contribution in [2.45, 2.75) is 24.9 Å². The number of amides is 1. The topological polar surface area (TPSA) is 40.5 Å². The molecule has 2 heterocycles. The van der Waals surface area contributed by atoms with Gasteiger partial charge >= 0.3 is 0 Å². The summed E-state index contributed by atoms with van der Waals surface area (Å²) >= 11 is 7.80. The van der Waals surface area contributed by atoms with E-state index in [9.17, 15) is 9.90 Å². The Balaban J connectivity index is 1.65. The second-order valence-corrected chi connectivity index (χ2v) is 7.09. The van der Waals surface area contributed by atoms with E-state index < -0.39 is 5.60 Å². The Bertz CT molecular complexity index is 648. The molecule has 1 amide bonds. The predicted octanol–water partition coefficient (Wildman–Crippen LogP) is 3.45. The van der Waals surface area contributed by atoms with Crippen LogP contribution in [-0.4, -0.2) is 29.0 Å². The summed E-state index contributed by atoms with van der Waals surface area (Å²) < 4.78 is 0. The van der Waals surface area contributed by atoms with Crippen molar-refractivity contribution >= 4 is 28.8 Å². The van der Waals surface area contributed by atoms with E-state index in [1.165, 1.54) is 0 Å². The number of hydrogen-bond donors (Lipinski definition) is 1. The van der Waals surface area contributed by atoms with Gasteiger partial charge in [-0.25, -0.2) is 0 Å². The first kappa shape index (κ1) is 15.5.